The summed E-state index contributed by atoms with van der Waals surface area (Å²) in [7, 11) is -4.35. The second-order valence-corrected chi connectivity index (χ2v) is 9.08. The molecule has 1 fully saturated rings. The van der Waals surface area contributed by atoms with Crippen molar-refractivity contribution >= 4 is 27.2 Å². The van der Waals surface area contributed by atoms with Gasteiger partial charge in [0.2, 0.25) is 0 Å². The summed E-state index contributed by atoms with van der Waals surface area (Å²) in [6, 6.07) is 1.98. The lowest BCUT2D eigenvalue weighted by Gasteiger charge is -2.21. The van der Waals surface area contributed by atoms with Crippen LogP contribution in [0, 0.1) is 0 Å². The highest BCUT2D eigenvalue weighted by molar-refractivity contribution is 7.91. The number of alkyl halides is 5. The fraction of sp³-hybridized carbons (Fsp3) is 0.412. The summed E-state index contributed by atoms with van der Waals surface area (Å²) in [4.78, 5) is 12.1. The van der Waals surface area contributed by atoms with E-state index in [1.54, 1.807) is 0 Å². The van der Waals surface area contributed by atoms with E-state index in [0.717, 1.165) is 31.2 Å². The standard InChI is InChI=1S/C17H13ClF5NO5S/c1-30(26,27)15-9(12(25)10-6-24-29-13(10)8-2-3-8)4-5-11(18)14(15)28-7-16(19,20)17(21,22)23/h4-6,8H,2-3,7H2,1H3. The van der Waals surface area contributed by atoms with Gasteiger partial charge in [-0.2, -0.15) is 22.0 Å². The minimum Gasteiger partial charge on any atom is -0.484 e. The molecule has 1 aromatic carbocycles. The fourth-order valence-corrected chi connectivity index (χ4v) is 4.00. The molecule has 0 saturated heterocycles. The largest absolute Gasteiger partial charge is 0.484 e. The minimum absolute atomic E-state index is 0.0451. The summed E-state index contributed by atoms with van der Waals surface area (Å²) in [5.41, 5.74) is -0.561. The maximum atomic E-state index is 13.3. The molecule has 0 spiro atoms. The maximum Gasteiger partial charge on any atom is 0.456 e. The number of carbonyl (C=O) groups excluding carboxylic acids is 1. The number of ketones is 1. The van der Waals surface area contributed by atoms with Crippen LogP contribution >= 0.6 is 11.6 Å². The van der Waals surface area contributed by atoms with Crippen LogP contribution < -0.4 is 4.74 Å². The predicted molar refractivity (Wildman–Crippen MR) is 93.0 cm³/mol. The van der Waals surface area contributed by atoms with Gasteiger partial charge in [-0.1, -0.05) is 16.8 Å². The summed E-state index contributed by atoms with van der Waals surface area (Å²) in [5.74, 6) is -6.96. The van der Waals surface area contributed by atoms with Gasteiger partial charge in [0, 0.05) is 17.7 Å². The molecular weight excluding hydrogens is 461 g/mol. The van der Waals surface area contributed by atoms with Crippen LogP contribution in [0.5, 0.6) is 5.75 Å². The Morgan fingerprint density at radius 2 is 1.87 bits per heavy atom. The highest BCUT2D eigenvalue weighted by Gasteiger charge is 2.58. The Bertz CT molecular complexity index is 1090. The van der Waals surface area contributed by atoms with Gasteiger partial charge in [0.15, 0.2) is 33.7 Å². The first-order valence-corrected chi connectivity index (χ1v) is 10.6. The molecule has 2 aromatic rings. The number of nitrogens with zero attached hydrogens (tertiary/aromatic N) is 1. The maximum absolute atomic E-state index is 13.3. The first kappa shape index (κ1) is 22.5. The summed E-state index contributed by atoms with van der Waals surface area (Å²) in [6.45, 7) is -2.23. The van der Waals surface area contributed by atoms with Crippen LogP contribution in [-0.2, 0) is 9.84 Å². The Kier molecular flexibility index (Phi) is 5.61. The average molecular weight is 474 g/mol. The van der Waals surface area contributed by atoms with E-state index in [9.17, 15) is 35.2 Å². The van der Waals surface area contributed by atoms with Crippen LogP contribution in [0.2, 0.25) is 5.02 Å². The molecule has 3 rings (SSSR count). The quantitative estimate of drug-likeness (QED) is 0.437. The molecule has 1 aromatic heterocycles. The lowest BCUT2D eigenvalue weighted by Crippen LogP contribution is -2.42. The van der Waals surface area contributed by atoms with E-state index in [1.807, 2.05) is 0 Å². The summed E-state index contributed by atoms with van der Waals surface area (Å²) in [6.07, 6.45) is -2.75. The van der Waals surface area contributed by atoms with E-state index in [2.05, 4.69) is 9.89 Å². The molecule has 13 heteroatoms. The van der Waals surface area contributed by atoms with Gasteiger partial charge in [0.1, 0.15) is 4.90 Å². The summed E-state index contributed by atoms with van der Waals surface area (Å²) >= 11 is 5.81. The van der Waals surface area contributed by atoms with Gasteiger partial charge in [0.05, 0.1) is 16.8 Å². The van der Waals surface area contributed by atoms with Gasteiger partial charge in [-0.3, -0.25) is 4.79 Å². The van der Waals surface area contributed by atoms with Crippen LogP contribution in [0.3, 0.4) is 0 Å². The van der Waals surface area contributed by atoms with Crippen molar-refractivity contribution in [1.29, 1.82) is 0 Å². The van der Waals surface area contributed by atoms with Gasteiger partial charge >= 0.3 is 12.1 Å². The van der Waals surface area contributed by atoms with Gasteiger partial charge in [-0.25, -0.2) is 8.42 Å². The highest BCUT2D eigenvalue weighted by Crippen LogP contribution is 2.43. The van der Waals surface area contributed by atoms with Crippen molar-refractivity contribution in [2.24, 2.45) is 0 Å². The van der Waals surface area contributed by atoms with Crippen LogP contribution in [-0.4, -0.2) is 44.3 Å². The zero-order valence-electron chi connectivity index (χ0n) is 15.1. The van der Waals surface area contributed by atoms with E-state index in [0.29, 0.717) is 6.26 Å². The minimum atomic E-state index is -5.93. The summed E-state index contributed by atoms with van der Waals surface area (Å²) in [5, 5.41) is 2.97. The Morgan fingerprint density at radius 3 is 2.40 bits per heavy atom. The molecule has 0 atom stereocenters. The zero-order valence-corrected chi connectivity index (χ0v) is 16.7. The third-order valence-corrected chi connectivity index (χ3v) is 5.73. The molecule has 0 bridgehead atoms. The SMILES string of the molecule is CS(=O)(=O)c1c(C(=O)c2cnoc2C2CC2)ccc(Cl)c1OCC(F)(F)C(F)(F)F. The second kappa shape index (κ2) is 7.49. The molecule has 30 heavy (non-hydrogen) atoms. The van der Waals surface area contributed by atoms with Crippen molar-refractivity contribution in [3.05, 3.63) is 40.2 Å². The van der Waals surface area contributed by atoms with E-state index >= 15 is 0 Å². The number of hydrogen-bond acceptors (Lipinski definition) is 6. The van der Waals surface area contributed by atoms with Crippen molar-refractivity contribution in [2.75, 3.05) is 12.9 Å². The van der Waals surface area contributed by atoms with Gasteiger partial charge < -0.3 is 9.26 Å². The third-order valence-electron chi connectivity index (χ3n) is 4.28. The molecule has 1 aliphatic rings. The van der Waals surface area contributed by atoms with Crippen molar-refractivity contribution in [3.8, 4) is 5.75 Å². The van der Waals surface area contributed by atoms with Crippen LogP contribution in [0.4, 0.5) is 22.0 Å². The average Bonchev–Trinajstić information content (AvgIpc) is 3.34. The molecule has 6 nitrogen and oxygen atoms in total. The molecule has 0 unspecified atom stereocenters. The molecule has 0 amide bonds. The molecule has 0 aliphatic heterocycles. The molecule has 164 valence electrons. The lowest BCUT2D eigenvalue weighted by molar-refractivity contribution is -0.290. The molecule has 0 N–H and O–H groups in total. The topological polar surface area (TPSA) is 86.5 Å². The third kappa shape index (κ3) is 4.29. The first-order chi connectivity index (χ1) is 13.7. The van der Waals surface area contributed by atoms with Crippen LogP contribution in [0.1, 0.15) is 40.4 Å². The van der Waals surface area contributed by atoms with Crippen molar-refractivity contribution < 1.29 is 44.4 Å². The lowest BCUT2D eigenvalue weighted by atomic mass is 10.0. The molecule has 0 radical (unpaired) electrons. The normalized spacial score (nSPS) is 15.3. The predicted octanol–water partition coefficient (Wildman–Crippen LogP) is 4.42. The fourth-order valence-electron chi connectivity index (χ4n) is 2.67. The Balaban J connectivity index is 2.08. The second-order valence-electron chi connectivity index (χ2n) is 6.72. The van der Waals surface area contributed by atoms with E-state index in [1.165, 1.54) is 0 Å². The van der Waals surface area contributed by atoms with E-state index in [-0.39, 0.29) is 17.2 Å². The smallest absolute Gasteiger partial charge is 0.456 e. The zero-order chi connectivity index (χ0) is 22.5. The molecule has 1 heterocycles. The Morgan fingerprint density at radius 1 is 1.23 bits per heavy atom. The van der Waals surface area contributed by atoms with Crippen molar-refractivity contribution in [1.82, 2.24) is 5.16 Å². The molecular formula is C17H13ClF5NO5S. The number of aromatic nitrogens is 1. The van der Waals surface area contributed by atoms with Crippen LogP contribution in [0.15, 0.2) is 27.7 Å². The van der Waals surface area contributed by atoms with Gasteiger partial charge in [0.25, 0.3) is 0 Å². The van der Waals surface area contributed by atoms with Gasteiger partial charge in [-0.05, 0) is 25.0 Å². The van der Waals surface area contributed by atoms with Crippen molar-refractivity contribution in [3.63, 3.8) is 0 Å². The highest BCUT2D eigenvalue weighted by atomic mass is 35.5. The Labute approximate surface area is 171 Å². The molecule has 1 aliphatic carbocycles. The first-order valence-electron chi connectivity index (χ1n) is 8.33. The van der Waals surface area contributed by atoms with E-state index < -0.39 is 55.6 Å². The van der Waals surface area contributed by atoms with Crippen molar-refractivity contribution in [2.45, 2.75) is 35.8 Å². The van der Waals surface area contributed by atoms with Crippen LogP contribution in [0.25, 0.3) is 0 Å². The number of rotatable bonds is 7. The summed E-state index contributed by atoms with van der Waals surface area (Å²) < 4.78 is 98.0. The molecule has 1 saturated carbocycles. The number of ether oxygens (including phenoxy) is 1. The number of sulfone groups is 1. The number of hydrogen-bond donors (Lipinski definition) is 0. The number of benzene rings is 1. The Hall–Kier alpha value is -2.21. The van der Waals surface area contributed by atoms with Gasteiger partial charge in [-0.15, -0.1) is 0 Å². The van der Waals surface area contributed by atoms with E-state index in [4.69, 9.17) is 16.1 Å². The monoisotopic (exact) mass is 473 g/mol. The number of halogens is 6. The number of carbonyl (C=O) groups is 1.